The quantitative estimate of drug-likeness (QED) is 0.552. The maximum Gasteiger partial charge on any atom is 0.256 e. The number of carbonyl (C=O) groups excluding carboxylic acids is 2. The van der Waals surface area contributed by atoms with Crippen LogP contribution in [0.4, 0.5) is 10.1 Å². The monoisotopic (exact) mass is 445 g/mol. The molecule has 1 aromatic heterocycles. The molecule has 2 amide bonds. The molecular formula is C26H24FN3O3. The molecule has 5 rings (SSSR count). The molecule has 33 heavy (non-hydrogen) atoms. The van der Waals surface area contributed by atoms with E-state index >= 15 is 0 Å². The van der Waals surface area contributed by atoms with Crippen LogP contribution in [0.2, 0.25) is 0 Å². The first kappa shape index (κ1) is 21.2. The molecule has 0 aliphatic carbocycles. The van der Waals surface area contributed by atoms with E-state index in [2.05, 4.69) is 15.5 Å². The van der Waals surface area contributed by atoms with Crippen LogP contribution in [-0.4, -0.2) is 42.9 Å². The van der Waals surface area contributed by atoms with Crippen molar-refractivity contribution in [2.24, 2.45) is 0 Å². The van der Waals surface area contributed by atoms with Gasteiger partial charge in [-0.1, -0.05) is 12.1 Å². The van der Waals surface area contributed by atoms with E-state index in [4.69, 9.17) is 4.42 Å². The second-order valence-corrected chi connectivity index (χ2v) is 8.29. The van der Waals surface area contributed by atoms with Crippen LogP contribution in [0.3, 0.4) is 0 Å². The first-order valence-electron chi connectivity index (χ1n) is 11.1. The molecular weight excluding hydrogens is 421 g/mol. The van der Waals surface area contributed by atoms with E-state index in [1.807, 2.05) is 12.1 Å². The SMILES string of the molecule is O=C1Nc2ccc(F)cc2C1=Cc1ccc(-c2ccc(C(=O)NCCN3CCCC3)cc2)o1. The first-order valence-corrected chi connectivity index (χ1v) is 11.1. The van der Waals surface area contributed by atoms with Crippen LogP contribution in [-0.2, 0) is 4.79 Å². The zero-order valence-electron chi connectivity index (χ0n) is 18.1. The summed E-state index contributed by atoms with van der Waals surface area (Å²) in [6.45, 7) is 3.74. The summed E-state index contributed by atoms with van der Waals surface area (Å²) in [5.41, 5.74) is 2.85. The second-order valence-electron chi connectivity index (χ2n) is 8.29. The van der Waals surface area contributed by atoms with Crippen molar-refractivity contribution in [2.75, 3.05) is 31.5 Å². The number of anilines is 1. The first-order chi connectivity index (χ1) is 16.1. The number of benzene rings is 2. The Kier molecular flexibility index (Phi) is 5.79. The zero-order valence-corrected chi connectivity index (χ0v) is 18.1. The summed E-state index contributed by atoms with van der Waals surface area (Å²) in [6, 6.07) is 14.9. The number of nitrogens with one attached hydrogen (secondary N) is 2. The van der Waals surface area contributed by atoms with Crippen molar-refractivity contribution in [3.63, 3.8) is 0 Å². The lowest BCUT2D eigenvalue weighted by molar-refractivity contribution is -0.110. The molecule has 168 valence electrons. The molecule has 0 atom stereocenters. The Morgan fingerprint density at radius 3 is 2.67 bits per heavy atom. The highest BCUT2D eigenvalue weighted by atomic mass is 19.1. The molecule has 2 aliphatic heterocycles. The molecule has 2 N–H and O–H groups in total. The Balaban J connectivity index is 1.26. The highest BCUT2D eigenvalue weighted by Gasteiger charge is 2.25. The number of hydrogen-bond acceptors (Lipinski definition) is 4. The number of amides is 2. The van der Waals surface area contributed by atoms with E-state index in [0.29, 0.717) is 40.5 Å². The van der Waals surface area contributed by atoms with Gasteiger partial charge in [0, 0.05) is 35.5 Å². The van der Waals surface area contributed by atoms with Crippen LogP contribution in [0.5, 0.6) is 0 Å². The highest BCUT2D eigenvalue weighted by molar-refractivity contribution is 6.34. The fourth-order valence-corrected chi connectivity index (χ4v) is 4.25. The Labute approximate surface area is 191 Å². The number of fused-ring (bicyclic) bond motifs is 1. The predicted octanol–water partition coefficient (Wildman–Crippen LogP) is 4.40. The summed E-state index contributed by atoms with van der Waals surface area (Å²) in [5.74, 6) is 0.297. The van der Waals surface area contributed by atoms with Gasteiger partial charge in [0.1, 0.15) is 17.3 Å². The molecule has 6 nitrogen and oxygen atoms in total. The molecule has 0 bridgehead atoms. The summed E-state index contributed by atoms with van der Waals surface area (Å²) in [4.78, 5) is 27.0. The molecule has 3 heterocycles. The number of nitrogens with zero attached hydrogens (tertiary/aromatic N) is 1. The van der Waals surface area contributed by atoms with Crippen molar-refractivity contribution in [3.8, 4) is 11.3 Å². The summed E-state index contributed by atoms with van der Waals surface area (Å²) in [6.07, 6.45) is 4.08. The normalized spacial score (nSPS) is 16.8. The van der Waals surface area contributed by atoms with Gasteiger partial charge in [0.2, 0.25) is 0 Å². The van der Waals surface area contributed by atoms with Crippen LogP contribution in [0.1, 0.15) is 34.5 Å². The van der Waals surface area contributed by atoms with E-state index in [0.717, 1.165) is 25.2 Å². The van der Waals surface area contributed by atoms with Crippen LogP contribution >= 0.6 is 0 Å². The van der Waals surface area contributed by atoms with E-state index in [1.165, 1.54) is 25.0 Å². The molecule has 1 fully saturated rings. The van der Waals surface area contributed by atoms with Crippen LogP contribution < -0.4 is 10.6 Å². The topological polar surface area (TPSA) is 74.6 Å². The van der Waals surface area contributed by atoms with Gasteiger partial charge >= 0.3 is 0 Å². The molecule has 1 saturated heterocycles. The van der Waals surface area contributed by atoms with Crippen molar-refractivity contribution in [1.82, 2.24) is 10.2 Å². The van der Waals surface area contributed by atoms with Gasteiger partial charge in [0.05, 0.1) is 5.57 Å². The lowest BCUT2D eigenvalue weighted by atomic mass is 10.1. The Morgan fingerprint density at radius 1 is 1.09 bits per heavy atom. The number of carbonyl (C=O) groups is 2. The van der Waals surface area contributed by atoms with Crippen molar-refractivity contribution >= 4 is 29.2 Å². The van der Waals surface area contributed by atoms with Crippen LogP contribution in [0.25, 0.3) is 23.0 Å². The average Bonchev–Trinajstić information content (AvgIpc) is 3.56. The number of halogens is 1. The minimum atomic E-state index is -0.406. The van der Waals surface area contributed by atoms with Gasteiger partial charge < -0.3 is 20.0 Å². The zero-order chi connectivity index (χ0) is 22.8. The van der Waals surface area contributed by atoms with E-state index < -0.39 is 5.82 Å². The summed E-state index contributed by atoms with van der Waals surface area (Å²) < 4.78 is 19.5. The van der Waals surface area contributed by atoms with E-state index in [-0.39, 0.29) is 11.8 Å². The summed E-state index contributed by atoms with van der Waals surface area (Å²) in [5, 5.41) is 5.69. The number of rotatable bonds is 6. The minimum absolute atomic E-state index is 0.0937. The maximum atomic E-state index is 13.6. The molecule has 0 saturated carbocycles. The predicted molar refractivity (Wildman–Crippen MR) is 125 cm³/mol. The van der Waals surface area contributed by atoms with Gasteiger partial charge in [-0.05, 0) is 74.5 Å². The van der Waals surface area contributed by atoms with Crippen LogP contribution in [0.15, 0.2) is 59.0 Å². The van der Waals surface area contributed by atoms with Gasteiger partial charge in [-0.15, -0.1) is 0 Å². The molecule has 0 unspecified atom stereocenters. The maximum absolute atomic E-state index is 13.6. The lowest BCUT2D eigenvalue weighted by Crippen LogP contribution is -2.33. The third-order valence-electron chi connectivity index (χ3n) is 6.02. The smallest absolute Gasteiger partial charge is 0.256 e. The Bertz CT molecular complexity index is 1220. The van der Waals surface area contributed by atoms with Gasteiger partial charge in [-0.3, -0.25) is 9.59 Å². The Hall–Kier alpha value is -3.71. The van der Waals surface area contributed by atoms with Crippen LogP contribution in [0, 0.1) is 5.82 Å². The molecule has 0 radical (unpaired) electrons. The standard InChI is InChI=1S/C26H24FN3O3/c27-19-7-9-23-21(15-19)22(26(32)29-23)16-20-8-10-24(33-20)17-3-5-18(6-4-17)25(31)28-11-14-30-12-1-2-13-30/h3-10,15-16H,1-2,11-14H2,(H,28,31)(H,29,32). The minimum Gasteiger partial charge on any atom is -0.457 e. The largest absolute Gasteiger partial charge is 0.457 e. The third kappa shape index (κ3) is 4.59. The number of likely N-dealkylation sites (tertiary alicyclic amines) is 1. The Morgan fingerprint density at radius 2 is 1.88 bits per heavy atom. The van der Waals surface area contributed by atoms with Gasteiger partial charge in [0.25, 0.3) is 11.8 Å². The van der Waals surface area contributed by atoms with E-state index in [9.17, 15) is 14.0 Å². The molecule has 2 aromatic carbocycles. The molecule has 2 aliphatic rings. The summed E-state index contributed by atoms with van der Waals surface area (Å²) >= 11 is 0. The van der Waals surface area contributed by atoms with Crippen molar-refractivity contribution in [2.45, 2.75) is 12.8 Å². The highest BCUT2D eigenvalue weighted by Crippen LogP contribution is 2.34. The molecule has 7 heteroatoms. The number of hydrogen-bond donors (Lipinski definition) is 2. The summed E-state index contributed by atoms with van der Waals surface area (Å²) in [7, 11) is 0. The lowest BCUT2D eigenvalue weighted by Gasteiger charge is -2.14. The fraction of sp³-hybridized carbons (Fsp3) is 0.231. The van der Waals surface area contributed by atoms with Crippen molar-refractivity contribution in [3.05, 3.63) is 77.3 Å². The van der Waals surface area contributed by atoms with E-state index in [1.54, 1.807) is 36.4 Å². The number of furan rings is 1. The van der Waals surface area contributed by atoms with Gasteiger partial charge in [-0.25, -0.2) is 4.39 Å². The third-order valence-corrected chi connectivity index (χ3v) is 6.02. The van der Waals surface area contributed by atoms with Gasteiger partial charge in [-0.2, -0.15) is 0 Å². The second kappa shape index (κ2) is 9.03. The van der Waals surface area contributed by atoms with Gasteiger partial charge in [0.15, 0.2) is 0 Å². The van der Waals surface area contributed by atoms with Crippen molar-refractivity contribution in [1.29, 1.82) is 0 Å². The fourth-order valence-electron chi connectivity index (χ4n) is 4.25. The molecule has 0 spiro atoms. The van der Waals surface area contributed by atoms with Crippen molar-refractivity contribution < 1.29 is 18.4 Å². The molecule has 3 aromatic rings. The average molecular weight is 445 g/mol.